The van der Waals surface area contributed by atoms with Gasteiger partial charge in [0.2, 0.25) is 0 Å². The molecule has 0 unspecified atom stereocenters. The van der Waals surface area contributed by atoms with Crippen LogP contribution in [0.1, 0.15) is 113 Å². The van der Waals surface area contributed by atoms with Gasteiger partial charge in [0.15, 0.2) is 0 Å². The highest BCUT2D eigenvalue weighted by atomic mass is 14.3. The molecule has 0 heteroatoms. The van der Waals surface area contributed by atoms with Crippen LogP contribution in [0, 0.1) is 0 Å². The normalized spacial score (nSPS) is 17.5. The molecule has 0 heterocycles. The van der Waals surface area contributed by atoms with Crippen molar-refractivity contribution in [1.29, 1.82) is 0 Å². The molecule has 0 atom stereocenters. The van der Waals surface area contributed by atoms with Crippen molar-refractivity contribution in [3.63, 3.8) is 0 Å². The summed E-state index contributed by atoms with van der Waals surface area (Å²) in [7, 11) is 0. The van der Waals surface area contributed by atoms with Gasteiger partial charge in [0.25, 0.3) is 0 Å². The molecule has 0 aliphatic heterocycles. The molecule has 6 aromatic carbocycles. The number of hydrogen-bond acceptors (Lipinski definition) is 0. The van der Waals surface area contributed by atoms with E-state index in [0.717, 1.165) is 60.8 Å². The molecule has 9 rings (SSSR count). The van der Waals surface area contributed by atoms with Crippen LogP contribution in [0.15, 0.2) is 183 Å². The predicted molar refractivity (Wildman–Crippen MR) is 278 cm³/mol. The highest BCUT2D eigenvalue weighted by molar-refractivity contribution is 6.05. The van der Waals surface area contributed by atoms with Gasteiger partial charge in [0.05, 0.1) is 0 Å². The molecule has 6 aromatic rings. The van der Waals surface area contributed by atoms with E-state index in [0.29, 0.717) is 0 Å². The summed E-state index contributed by atoms with van der Waals surface area (Å²) in [6.07, 6.45) is 31.8. The Morgan fingerprint density at radius 3 is 2.05 bits per heavy atom. The number of hydrogen-bond donors (Lipinski definition) is 0. The number of fused-ring (bicyclic) bond motifs is 3. The van der Waals surface area contributed by atoms with Crippen molar-refractivity contribution in [3.05, 3.63) is 249 Å². The van der Waals surface area contributed by atoms with Crippen LogP contribution in [-0.2, 0) is 12.8 Å². The van der Waals surface area contributed by atoms with E-state index in [9.17, 15) is 0 Å². The lowest BCUT2D eigenvalue weighted by Crippen LogP contribution is -2.04. The molecule has 3 aliphatic carbocycles. The maximum absolute atomic E-state index is 4.82. The lowest BCUT2D eigenvalue weighted by Gasteiger charge is -2.22. The maximum atomic E-state index is 4.82. The molecule has 0 nitrogen and oxygen atoms in total. The summed E-state index contributed by atoms with van der Waals surface area (Å²) in [5.74, 6) is 0. The molecular formula is C63H56. The third-order valence-electron chi connectivity index (χ3n) is 12.7. The number of allylic oxidation sites excluding steroid dienone is 14. The molecular weight excluding hydrogens is 757 g/mol. The van der Waals surface area contributed by atoms with E-state index in [1.54, 1.807) is 0 Å². The third-order valence-corrected chi connectivity index (χ3v) is 12.7. The Kier molecular flexibility index (Phi) is 12.2. The minimum Gasteiger partial charge on any atom is -0.0984 e. The van der Waals surface area contributed by atoms with Gasteiger partial charge in [-0.2, -0.15) is 0 Å². The molecule has 308 valence electrons. The summed E-state index contributed by atoms with van der Waals surface area (Å²) in [5.41, 5.74) is 23.6. The second kappa shape index (κ2) is 18.5. The zero-order valence-electron chi connectivity index (χ0n) is 37.1. The monoisotopic (exact) mass is 812 g/mol. The molecule has 0 radical (unpaired) electrons. The van der Waals surface area contributed by atoms with Gasteiger partial charge in [-0.1, -0.05) is 189 Å². The van der Waals surface area contributed by atoms with Gasteiger partial charge in [0.1, 0.15) is 0 Å². The van der Waals surface area contributed by atoms with Crippen LogP contribution in [0.3, 0.4) is 0 Å². The van der Waals surface area contributed by atoms with Gasteiger partial charge in [0, 0.05) is 0 Å². The first kappa shape index (κ1) is 41.3. The van der Waals surface area contributed by atoms with Crippen molar-refractivity contribution in [1.82, 2.24) is 0 Å². The first-order valence-corrected chi connectivity index (χ1v) is 22.6. The van der Waals surface area contributed by atoms with Crippen LogP contribution in [0.2, 0.25) is 0 Å². The summed E-state index contributed by atoms with van der Waals surface area (Å²) in [6.45, 7) is 15.7. The summed E-state index contributed by atoms with van der Waals surface area (Å²) in [4.78, 5) is 0. The van der Waals surface area contributed by atoms with Crippen LogP contribution >= 0.6 is 0 Å². The summed E-state index contributed by atoms with van der Waals surface area (Å²) < 4.78 is 0. The predicted octanol–water partition coefficient (Wildman–Crippen LogP) is 17.4. The molecule has 3 aliphatic rings. The Balaban J connectivity index is 1.20. The van der Waals surface area contributed by atoms with Gasteiger partial charge < -0.3 is 0 Å². The van der Waals surface area contributed by atoms with Crippen LogP contribution in [0.4, 0.5) is 0 Å². The zero-order valence-corrected chi connectivity index (χ0v) is 37.1. The van der Waals surface area contributed by atoms with E-state index in [1.807, 2.05) is 6.08 Å². The molecule has 0 N–H and O–H groups in total. The van der Waals surface area contributed by atoms with E-state index in [1.165, 1.54) is 94.3 Å². The topological polar surface area (TPSA) is 0 Å². The quantitative estimate of drug-likeness (QED) is 0.121. The number of aryl methyl sites for hydroxylation is 2. The van der Waals surface area contributed by atoms with Crippen molar-refractivity contribution >= 4 is 68.5 Å². The Hall–Kier alpha value is -7.02. The summed E-state index contributed by atoms with van der Waals surface area (Å²) in [5, 5.41) is 2.59. The average molecular weight is 813 g/mol. The minimum atomic E-state index is 0.922. The molecule has 63 heavy (non-hydrogen) atoms. The molecule has 0 fully saturated rings. The lowest BCUT2D eigenvalue weighted by molar-refractivity contribution is 0.982. The fourth-order valence-corrected chi connectivity index (χ4v) is 9.63. The van der Waals surface area contributed by atoms with E-state index < -0.39 is 0 Å². The number of rotatable bonds is 10. The summed E-state index contributed by atoms with van der Waals surface area (Å²) in [6, 6.07) is 44.3. The van der Waals surface area contributed by atoms with Crippen LogP contribution in [0.5, 0.6) is 0 Å². The molecule has 0 spiro atoms. The van der Waals surface area contributed by atoms with Crippen LogP contribution in [0.25, 0.3) is 68.5 Å². The molecule has 0 bridgehead atoms. The van der Waals surface area contributed by atoms with Crippen LogP contribution < -0.4 is 0 Å². The van der Waals surface area contributed by atoms with Gasteiger partial charge in [-0.15, -0.1) is 0 Å². The molecule has 0 aromatic heterocycles. The maximum Gasteiger partial charge on any atom is -0.00299 e. The standard InChI is InChI=1S/C63H56/c1-6-46-38-53-25-13-18-34-60(53)63(61(46)35-43(2)3)56(36-44(4)47-21-9-7-10-22-47)37-45(5)49-28-19-30-51(39-49)52-31-20-29-50(48-23-11-8-12-24-48)40-57(41-52)62-58-32-16-14-26-54(58)42-55-27-15-17-33-59(55)62/h6-12,14,16-19,21-24,26,28-30,32-42H,1,5,13,15,20,25,27,31H2,2-4H3/b44-36+,50-29+,52-41+,56-37+,57-40+. The second-order valence-corrected chi connectivity index (χ2v) is 17.4. The van der Waals surface area contributed by atoms with E-state index in [4.69, 9.17) is 6.58 Å². The fourth-order valence-electron chi connectivity index (χ4n) is 9.63. The van der Waals surface area contributed by atoms with Gasteiger partial charge in [-0.25, -0.2) is 0 Å². The molecule has 0 saturated carbocycles. The number of benzene rings is 6. The van der Waals surface area contributed by atoms with Gasteiger partial charge in [-0.3, -0.25) is 0 Å². The summed E-state index contributed by atoms with van der Waals surface area (Å²) >= 11 is 0. The molecule has 0 amide bonds. The van der Waals surface area contributed by atoms with Crippen molar-refractivity contribution in [2.45, 2.75) is 59.3 Å². The SMILES string of the molecule is C=Cc1cc2c(c(C(/C=C(\C)c3ccccc3)=C/C(=C)c3cccc(/C4=C/C(c5c6c(cc7ccccc57)CCC=C6)=C\C(c5ccccc5)=C/CC4)c3)c1C=C(C)C)C=CCC2. The van der Waals surface area contributed by atoms with E-state index in [-0.39, 0.29) is 0 Å². The van der Waals surface area contributed by atoms with E-state index >= 15 is 0 Å². The smallest absolute Gasteiger partial charge is 0.00299 e. The average Bonchev–Trinajstić information content (AvgIpc) is 3.31. The minimum absolute atomic E-state index is 0.922. The highest BCUT2D eigenvalue weighted by Crippen LogP contribution is 2.42. The lowest BCUT2D eigenvalue weighted by atomic mass is 9.81. The second-order valence-electron chi connectivity index (χ2n) is 17.4. The van der Waals surface area contributed by atoms with E-state index in [2.05, 4.69) is 209 Å². The first-order chi connectivity index (χ1) is 30.8. The first-order valence-electron chi connectivity index (χ1n) is 22.6. The van der Waals surface area contributed by atoms with Crippen molar-refractivity contribution in [3.8, 4) is 0 Å². The van der Waals surface area contributed by atoms with Crippen molar-refractivity contribution in [2.75, 3.05) is 0 Å². The third kappa shape index (κ3) is 8.86. The Morgan fingerprint density at radius 2 is 1.29 bits per heavy atom. The van der Waals surface area contributed by atoms with Gasteiger partial charge >= 0.3 is 0 Å². The Morgan fingerprint density at radius 1 is 0.603 bits per heavy atom. The van der Waals surface area contributed by atoms with Crippen molar-refractivity contribution in [2.24, 2.45) is 0 Å². The van der Waals surface area contributed by atoms with Crippen LogP contribution in [-0.4, -0.2) is 0 Å². The fraction of sp³-hybridized carbons (Fsp3) is 0.143. The largest absolute Gasteiger partial charge is 0.0984 e. The zero-order chi connectivity index (χ0) is 43.3. The van der Waals surface area contributed by atoms with Gasteiger partial charge in [-0.05, 0) is 188 Å². The highest BCUT2D eigenvalue weighted by Gasteiger charge is 2.21. The molecule has 0 saturated heterocycles. The van der Waals surface area contributed by atoms with Crippen molar-refractivity contribution < 1.29 is 0 Å². The Labute approximate surface area is 375 Å². The Bertz CT molecular complexity index is 3010.